The molecule has 4 rings (SSSR count). The van der Waals surface area contributed by atoms with Crippen LogP contribution in [0.4, 0.5) is 4.79 Å². The van der Waals surface area contributed by atoms with E-state index >= 15 is 0 Å². The van der Waals surface area contributed by atoms with Crippen LogP contribution in [0.1, 0.15) is 85.0 Å². The van der Waals surface area contributed by atoms with Gasteiger partial charge in [-0.15, -0.1) is 0 Å². The SMILES string of the molecule is CC(CCO)NC(=O)O[C@H]1CC[C@@]2(C)[C@H](CC[C@@H]3[C@@H]2CC[C@]2(C)[C@@H](C(=O)O)CC[C@]32N)C1. The number of amides is 1. The van der Waals surface area contributed by atoms with Crippen molar-refractivity contribution < 1.29 is 24.5 Å². The predicted octanol–water partition coefficient (Wildman–Crippen LogP) is 3.68. The second-order valence-corrected chi connectivity index (χ2v) is 11.8. The lowest BCUT2D eigenvalue weighted by Crippen LogP contribution is -2.66. The van der Waals surface area contributed by atoms with Gasteiger partial charge in [0, 0.05) is 18.2 Å². The molecule has 0 heterocycles. The smallest absolute Gasteiger partial charge is 0.407 e. The Hall–Kier alpha value is -1.34. The summed E-state index contributed by atoms with van der Waals surface area (Å²) in [7, 11) is 0. The molecule has 1 unspecified atom stereocenters. The van der Waals surface area contributed by atoms with Crippen molar-refractivity contribution in [1.29, 1.82) is 0 Å². The van der Waals surface area contributed by atoms with Crippen molar-refractivity contribution in [2.75, 3.05) is 6.61 Å². The van der Waals surface area contributed by atoms with Gasteiger partial charge in [0.2, 0.25) is 0 Å². The second-order valence-electron chi connectivity index (χ2n) is 11.8. The lowest BCUT2D eigenvalue weighted by Gasteiger charge is -2.64. The molecule has 0 aliphatic heterocycles. The Morgan fingerprint density at radius 3 is 2.53 bits per heavy atom. The van der Waals surface area contributed by atoms with E-state index in [2.05, 4.69) is 19.2 Å². The van der Waals surface area contributed by atoms with E-state index in [0.717, 1.165) is 51.4 Å². The second kappa shape index (κ2) is 8.46. The summed E-state index contributed by atoms with van der Waals surface area (Å²) in [5.74, 6) is 0.408. The van der Waals surface area contributed by atoms with Crippen LogP contribution in [-0.2, 0) is 9.53 Å². The highest BCUT2D eigenvalue weighted by Crippen LogP contribution is 2.68. The summed E-state index contributed by atoms with van der Waals surface area (Å²) >= 11 is 0. The van der Waals surface area contributed by atoms with Gasteiger partial charge < -0.3 is 26.0 Å². The van der Waals surface area contributed by atoms with E-state index in [9.17, 15) is 14.7 Å². The van der Waals surface area contributed by atoms with E-state index in [4.69, 9.17) is 15.6 Å². The third-order valence-electron chi connectivity index (χ3n) is 10.5. The first kappa shape index (κ1) is 23.8. The largest absolute Gasteiger partial charge is 0.481 e. The number of hydrogen-bond acceptors (Lipinski definition) is 5. The van der Waals surface area contributed by atoms with E-state index in [0.29, 0.717) is 30.6 Å². The Bertz CT molecular complexity index is 746. The van der Waals surface area contributed by atoms with Gasteiger partial charge in [0.05, 0.1) is 5.92 Å². The molecule has 0 bridgehead atoms. The Morgan fingerprint density at radius 1 is 1.09 bits per heavy atom. The van der Waals surface area contributed by atoms with Crippen LogP contribution in [0.15, 0.2) is 0 Å². The van der Waals surface area contributed by atoms with E-state index in [1.807, 2.05) is 6.92 Å². The van der Waals surface area contributed by atoms with Gasteiger partial charge >= 0.3 is 12.1 Å². The van der Waals surface area contributed by atoms with Gasteiger partial charge in [-0.1, -0.05) is 13.8 Å². The highest BCUT2D eigenvalue weighted by molar-refractivity contribution is 5.72. The van der Waals surface area contributed by atoms with Crippen LogP contribution in [0.2, 0.25) is 0 Å². The minimum Gasteiger partial charge on any atom is -0.481 e. The van der Waals surface area contributed by atoms with Gasteiger partial charge in [0.25, 0.3) is 0 Å². The van der Waals surface area contributed by atoms with E-state index in [1.165, 1.54) is 0 Å². The lowest BCUT2D eigenvalue weighted by molar-refractivity contribution is -0.157. The number of carboxylic acid groups (broad SMARTS) is 1. The molecule has 7 heteroatoms. The number of alkyl carbamates (subject to hydrolysis) is 1. The van der Waals surface area contributed by atoms with Crippen LogP contribution in [0, 0.1) is 34.5 Å². The third kappa shape index (κ3) is 3.64. The Morgan fingerprint density at radius 2 is 1.84 bits per heavy atom. The van der Waals surface area contributed by atoms with Crippen LogP contribution >= 0.6 is 0 Å². The van der Waals surface area contributed by atoms with E-state index < -0.39 is 5.97 Å². The van der Waals surface area contributed by atoms with Gasteiger partial charge in [-0.25, -0.2) is 4.79 Å². The highest BCUT2D eigenvalue weighted by atomic mass is 16.6. The fourth-order valence-electron chi connectivity index (χ4n) is 8.44. The van der Waals surface area contributed by atoms with Crippen LogP contribution in [0.3, 0.4) is 0 Å². The van der Waals surface area contributed by atoms with Crippen molar-refractivity contribution in [3.63, 3.8) is 0 Å². The van der Waals surface area contributed by atoms with Crippen LogP contribution < -0.4 is 11.1 Å². The molecule has 4 fully saturated rings. The van der Waals surface area contributed by atoms with Crippen molar-refractivity contribution in [3.05, 3.63) is 0 Å². The molecule has 4 saturated carbocycles. The summed E-state index contributed by atoms with van der Waals surface area (Å²) in [4.78, 5) is 24.2. The Balaban J connectivity index is 1.44. The maximum atomic E-state index is 12.3. The molecule has 0 aromatic heterocycles. The molecule has 5 N–H and O–H groups in total. The third-order valence-corrected chi connectivity index (χ3v) is 10.5. The molecular formula is C25H42N2O5. The minimum absolute atomic E-state index is 0.0444. The van der Waals surface area contributed by atoms with Crippen molar-refractivity contribution in [2.45, 2.75) is 103 Å². The molecule has 32 heavy (non-hydrogen) atoms. The van der Waals surface area contributed by atoms with Gasteiger partial charge in [-0.3, -0.25) is 4.79 Å². The average Bonchev–Trinajstić information content (AvgIpc) is 3.00. The number of aliphatic hydroxyl groups is 1. The molecule has 4 aliphatic rings. The van der Waals surface area contributed by atoms with Gasteiger partial charge in [-0.05, 0) is 99.7 Å². The summed E-state index contributed by atoms with van der Waals surface area (Å²) in [5.41, 5.74) is 6.65. The van der Waals surface area contributed by atoms with Crippen LogP contribution in [0.5, 0.6) is 0 Å². The molecule has 7 nitrogen and oxygen atoms in total. The van der Waals surface area contributed by atoms with Crippen molar-refractivity contribution in [3.8, 4) is 0 Å². The maximum absolute atomic E-state index is 12.3. The lowest BCUT2D eigenvalue weighted by atomic mass is 9.42. The number of carbonyl (C=O) groups is 2. The first-order chi connectivity index (χ1) is 15.0. The molecule has 1 amide bonds. The zero-order valence-corrected chi connectivity index (χ0v) is 19.9. The number of ether oxygens (including phenoxy) is 1. The number of carboxylic acids is 1. The Kier molecular flexibility index (Phi) is 6.29. The monoisotopic (exact) mass is 450 g/mol. The first-order valence-corrected chi connectivity index (χ1v) is 12.6. The topological polar surface area (TPSA) is 122 Å². The molecule has 0 aromatic rings. The molecule has 0 spiro atoms. The number of aliphatic hydroxyl groups excluding tert-OH is 1. The fourth-order valence-corrected chi connectivity index (χ4v) is 8.44. The maximum Gasteiger partial charge on any atom is 0.407 e. The molecule has 0 radical (unpaired) electrons. The zero-order chi connectivity index (χ0) is 23.3. The van der Waals surface area contributed by atoms with Crippen LogP contribution in [-0.4, -0.2) is 46.6 Å². The number of nitrogens with two attached hydrogens (primary N) is 1. The van der Waals surface area contributed by atoms with Gasteiger partial charge in [-0.2, -0.15) is 0 Å². The average molecular weight is 451 g/mol. The van der Waals surface area contributed by atoms with Crippen molar-refractivity contribution in [1.82, 2.24) is 5.32 Å². The summed E-state index contributed by atoms with van der Waals surface area (Å²) in [6, 6.07) is -0.102. The number of carbonyl (C=O) groups excluding carboxylic acids is 1. The molecule has 0 saturated heterocycles. The molecule has 4 aliphatic carbocycles. The minimum atomic E-state index is -0.678. The number of hydrogen-bond donors (Lipinski definition) is 4. The van der Waals surface area contributed by atoms with Crippen molar-refractivity contribution in [2.24, 2.45) is 40.2 Å². The number of rotatable bonds is 5. The van der Waals surface area contributed by atoms with Crippen molar-refractivity contribution >= 4 is 12.1 Å². The molecule has 182 valence electrons. The fraction of sp³-hybridized carbons (Fsp3) is 0.920. The summed E-state index contributed by atoms with van der Waals surface area (Å²) in [6.07, 6.45) is 8.47. The normalized spacial score (nSPS) is 46.3. The standard InChI is InChI=1S/C25H42N2O5/c1-15(9-13-28)27-22(31)32-17-6-10-23(2)16(14-17)4-5-19-18(23)7-11-24(3)20(21(29)30)8-12-25(19,24)26/h15-20,28H,4-14,26H2,1-3H3,(H,27,31)(H,29,30)/t15?,16-,17+,18+,19-,20-,23+,24-,25+/m1/s1. The summed E-state index contributed by atoms with van der Waals surface area (Å²) < 4.78 is 5.76. The molecule has 0 aromatic carbocycles. The van der Waals surface area contributed by atoms with Crippen LogP contribution in [0.25, 0.3) is 0 Å². The highest BCUT2D eigenvalue weighted by Gasteiger charge is 2.67. The molecule has 9 atom stereocenters. The van der Waals surface area contributed by atoms with E-state index in [-0.39, 0.29) is 47.1 Å². The predicted molar refractivity (Wildman–Crippen MR) is 121 cm³/mol. The first-order valence-electron chi connectivity index (χ1n) is 12.6. The quantitative estimate of drug-likeness (QED) is 0.507. The summed E-state index contributed by atoms with van der Waals surface area (Å²) in [5, 5.41) is 21.7. The zero-order valence-electron chi connectivity index (χ0n) is 19.9. The number of fused-ring (bicyclic) bond motifs is 5. The summed E-state index contributed by atoms with van der Waals surface area (Å²) in [6.45, 7) is 6.48. The van der Waals surface area contributed by atoms with Gasteiger partial charge in [0.1, 0.15) is 6.10 Å². The number of nitrogens with one attached hydrogen (secondary N) is 1. The number of aliphatic carboxylic acids is 1. The Labute approximate surface area is 191 Å². The molecular weight excluding hydrogens is 408 g/mol. The van der Waals surface area contributed by atoms with E-state index in [1.54, 1.807) is 0 Å². The van der Waals surface area contributed by atoms with Gasteiger partial charge in [0.15, 0.2) is 0 Å².